The molecule has 5 nitrogen and oxygen atoms in total. The molecule has 1 fully saturated rings. The van der Waals surface area contributed by atoms with Crippen molar-refractivity contribution in [3.63, 3.8) is 0 Å². The van der Waals surface area contributed by atoms with Gasteiger partial charge in [0.1, 0.15) is 17.5 Å². The minimum Gasteiger partial charge on any atom is -0.383 e. The molecule has 1 saturated carbocycles. The van der Waals surface area contributed by atoms with Gasteiger partial charge in [0, 0.05) is 35.5 Å². The van der Waals surface area contributed by atoms with Crippen molar-refractivity contribution in [2.24, 2.45) is 0 Å². The second kappa shape index (κ2) is 5.80. The van der Waals surface area contributed by atoms with E-state index in [1.807, 2.05) is 24.0 Å². The van der Waals surface area contributed by atoms with Crippen LogP contribution in [-0.4, -0.2) is 14.8 Å². The van der Waals surface area contributed by atoms with Gasteiger partial charge < -0.3 is 5.73 Å². The minimum absolute atomic E-state index is 0.342. The fourth-order valence-electron chi connectivity index (χ4n) is 3.45. The zero-order valence-electron chi connectivity index (χ0n) is 13.1. The van der Waals surface area contributed by atoms with Crippen LogP contribution in [0.1, 0.15) is 55.3 Å². The number of anilines is 1. The molecule has 0 atom stereocenters. The Hall–Kier alpha value is -2.35. The van der Waals surface area contributed by atoms with Crippen molar-refractivity contribution in [1.82, 2.24) is 14.8 Å². The van der Waals surface area contributed by atoms with E-state index in [0.717, 1.165) is 41.8 Å². The predicted octanol–water partition coefficient (Wildman–Crippen LogP) is 3.38. The normalized spacial score (nSPS) is 15.1. The van der Waals surface area contributed by atoms with Gasteiger partial charge >= 0.3 is 0 Å². The molecule has 0 radical (unpaired) electrons. The zero-order chi connectivity index (χ0) is 15.7. The Morgan fingerprint density at radius 1 is 1.41 bits per heavy atom. The molecular formula is C17H21N5. The van der Waals surface area contributed by atoms with Gasteiger partial charge in [0.2, 0.25) is 0 Å². The molecule has 1 aliphatic rings. The van der Waals surface area contributed by atoms with E-state index in [4.69, 9.17) is 5.73 Å². The van der Waals surface area contributed by atoms with E-state index in [0.29, 0.717) is 17.3 Å². The van der Waals surface area contributed by atoms with Gasteiger partial charge in [-0.15, -0.1) is 0 Å². The molecule has 1 aliphatic carbocycles. The van der Waals surface area contributed by atoms with E-state index < -0.39 is 0 Å². The van der Waals surface area contributed by atoms with Gasteiger partial charge in [-0.2, -0.15) is 10.4 Å². The number of nitrogens with two attached hydrogens (primary N) is 1. The molecule has 2 heterocycles. The number of rotatable bonds is 3. The fourth-order valence-corrected chi connectivity index (χ4v) is 3.45. The van der Waals surface area contributed by atoms with Gasteiger partial charge in [0.05, 0.1) is 6.20 Å². The molecule has 0 aliphatic heterocycles. The van der Waals surface area contributed by atoms with Crippen molar-refractivity contribution in [1.29, 1.82) is 5.26 Å². The van der Waals surface area contributed by atoms with Crippen LogP contribution in [0.25, 0.3) is 11.1 Å². The molecule has 2 aromatic rings. The van der Waals surface area contributed by atoms with E-state index >= 15 is 0 Å². The van der Waals surface area contributed by atoms with Crippen LogP contribution in [-0.2, 0) is 6.54 Å². The Bertz CT molecular complexity index is 732. The van der Waals surface area contributed by atoms with Crippen LogP contribution < -0.4 is 5.73 Å². The van der Waals surface area contributed by atoms with E-state index in [1.54, 1.807) is 0 Å². The highest BCUT2D eigenvalue weighted by atomic mass is 15.3. The molecule has 5 heteroatoms. The Labute approximate surface area is 130 Å². The third-order valence-electron chi connectivity index (χ3n) is 4.61. The first-order valence-corrected chi connectivity index (χ1v) is 7.88. The van der Waals surface area contributed by atoms with Crippen LogP contribution in [0.4, 0.5) is 5.82 Å². The van der Waals surface area contributed by atoms with Crippen molar-refractivity contribution in [3.05, 3.63) is 29.2 Å². The molecule has 0 unspecified atom stereocenters. The quantitative estimate of drug-likeness (QED) is 0.941. The summed E-state index contributed by atoms with van der Waals surface area (Å²) in [5, 5.41) is 13.8. The molecule has 0 saturated heterocycles. The first kappa shape index (κ1) is 14.6. The topological polar surface area (TPSA) is 80.5 Å². The van der Waals surface area contributed by atoms with Crippen LogP contribution in [0.15, 0.2) is 12.4 Å². The third kappa shape index (κ3) is 2.35. The number of nitrogens with zero attached hydrogens (tertiary/aromatic N) is 4. The molecule has 2 aromatic heterocycles. The summed E-state index contributed by atoms with van der Waals surface area (Å²) >= 11 is 0. The predicted molar refractivity (Wildman–Crippen MR) is 86.2 cm³/mol. The Morgan fingerprint density at radius 3 is 2.73 bits per heavy atom. The number of pyridine rings is 1. The summed E-state index contributed by atoms with van der Waals surface area (Å²) in [7, 11) is 0. The lowest BCUT2D eigenvalue weighted by molar-refractivity contribution is 0.660. The van der Waals surface area contributed by atoms with E-state index in [1.165, 1.54) is 12.8 Å². The number of aryl methyl sites for hydroxylation is 1. The molecule has 22 heavy (non-hydrogen) atoms. The summed E-state index contributed by atoms with van der Waals surface area (Å²) in [5.74, 6) is 0.810. The highest BCUT2D eigenvalue weighted by Crippen LogP contribution is 2.39. The lowest BCUT2D eigenvalue weighted by Crippen LogP contribution is -2.08. The van der Waals surface area contributed by atoms with Gasteiger partial charge in [-0.25, -0.2) is 4.98 Å². The maximum atomic E-state index is 9.51. The van der Waals surface area contributed by atoms with E-state index in [-0.39, 0.29) is 0 Å². The van der Waals surface area contributed by atoms with Crippen molar-refractivity contribution in [2.75, 3.05) is 5.73 Å². The lowest BCUT2D eigenvalue weighted by Gasteiger charge is -2.17. The minimum atomic E-state index is 0.342. The first-order chi connectivity index (χ1) is 10.7. The number of nitrogen functional groups attached to an aromatic ring is 1. The maximum absolute atomic E-state index is 9.51. The van der Waals surface area contributed by atoms with Crippen molar-refractivity contribution >= 4 is 5.82 Å². The summed E-state index contributed by atoms with van der Waals surface area (Å²) < 4.78 is 1.86. The molecule has 2 N–H and O–H groups in total. The molecule has 114 valence electrons. The second-order valence-corrected chi connectivity index (χ2v) is 5.94. The van der Waals surface area contributed by atoms with Crippen molar-refractivity contribution in [3.8, 4) is 17.2 Å². The van der Waals surface area contributed by atoms with Crippen LogP contribution in [0.5, 0.6) is 0 Å². The van der Waals surface area contributed by atoms with Gasteiger partial charge in [-0.3, -0.25) is 4.68 Å². The Balaban J connectivity index is 2.19. The van der Waals surface area contributed by atoms with Gasteiger partial charge in [0.25, 0.3) is 0 Å². The summed E-state index contributed by atoms with van der Waals surface area (Å²) in [5.41, 5.74) is 10.5. The van der Waals surface area contributed by atoms with Gasteiger partial charge in [-0.05, 0) is 32.3 Å². The smallest absolute Gasteiger partial charge is 0.142 e. The lowest BCUT2D eigenvalue weighted by atomic mass is 9.91. The van der Waals surface area contributed by atoms with Gasteiger partial charge in [0.15, 0.2) is 0 Å². The average Bonchev–Trinajstić information content (AvgIpc) is 3.19. The van der Waals surface area contributed by atoms with Gasteiger partial charge in [-0.1, -0.05) is 12.8 Å². The molecule has 0 spiro atoms. The van der Waals surface area contributed by atoms with E-state index in [2.05, 4.69) is 23.1 Å². The molecular weight excluding hydrogens is 274 g/mol. The highest BCUT2D eigenvalue weighted by Gasteiger charge is 2.25. The summed E-state index contributed by atoms with van der Waals surface area (Å²) in [6.45, 7) is 4.90. The summed E-state index contributed by atoms with van der Waals surface area (Å²) in [6, 6.07) is 2.22. The molecule has 0 bridgehead atoms. The Morgan fingerprint density at radius 2 is 2.14 bits per heavy atom. The third-order valence-corrected chi connectivity index (χ3v) is 4.61. The van der Waals surface area contributed by atoms with Crippen LogP contribution in [0, 0.1) is 18.3 Å². The van der Waals surface area contributed by atoms with Crippen molar-refractivity contribution < 1.29 is 0 Å². The second-order valence-electron chi connectivity index (χ2n) is 5.94. The fraction of sp³-hybridized carbons (Fsp3) is 0.471. The summed E-state index contributed by atoms with van der Waals surface area (Å²) in [4.78, 5) is 4.57. The molecule has 3 rings (SSSR count). The van der Waals surface area contributed by atoms with Crippen molar-refractivity contribution in [2.45, 2.75) is 52.0 Å². The van der Waals surface area contributed by atoms with Crippen LogP contribution in [0.3, 0.4) is 0 Å². The zero-order valence-corrected chi connectivity index (χ0v) is 13.1. The van der Waals surface area contributed by atoms with E-state index in [9.17, 15) is 5.26 Å². The number of nitriles is 1. The maximum Gasteiger partial charge on any atom is 0.142 e. The molecule has 0 amide bonds. The standard InChI is InChI=1S/C17H21N5/c1-3-22-10-13(9-20-22)15-11(2)16(12-6-4-5-7-12)21-17(19)14(15)8-18/h9-10,12H,3-7H2,1-2H3,(H2,19,21). The van der Waals surface area contributed by atoms with Crippen LogP contribution >= 0.6 is 0 Å². The molecule has 0 aromatic carbocycles. The first-order valence-electron chi connectivity index (χ1n) is 7.88. The highest BCUT2D eigenvalue weighted by molar-refractivity contribution is 5.78. The number of hydrogen-bond acceptors (Lipinski definition) is 4. The SMILES string of the molecule is CCn1cc(-c2c(C)c(C3CCCC3)nc(N)c2C#N)cn1. The Kier molecular flexibility index (Phi) is 3.84. The monoisotopic (exact) mass is 295 g/mol. The largest absolute Gasteiger partial charge is 0.383 e. The number of aromatic nitrogens is 3. The number of hydrogen-bond donors (Lipinski definition) is 1. The van der Waals surface area contributed by atoms with Crippen LogP contribution in [0.2, 0.25) is 0 Å². The summed E-state index contributed by atoms with van der Waals surface area (Å²) in [6.07, 6.45) is 8.59. The average molecular weight is 295 g/mol.